The van der Waals surface area contributed by atoms with Crippen LogP contribution in [0.4, 0.5) is 0 Å². The van der Waals surface area contributed by atoms with E-state index in [0.29, 0.717) is 11.4 Å². The molecule has 80 valence electrons. The van der Waals surface area contributed by atoms with Gasteiger partial charge in [0.1, 0.15) is 5.69 Å². The molecule has 0 aliphatic heterocycles. The summed E-state index contributed by atoms with van der Waals surface area (Å²) in [4.78, 5) is 19.2. The van der Waals surface area contributed by atoms with Crippen molar-refractivity contribution in [3.05, 3.63) is 47.8 Å². The topological polar surface area (TPSA) is 63.1 Å². The quantitative estimate of drug-likeness (QED) is 0.831. The van der Waals surface area contributed by atoms with Crippen molar-refractivity contribution in [1.29, 1.82) is 0 Å². The van der Waals surface area contributed by atoms with E-state index < -0.39 is 5.97 Å². The minimum atomic E-state index is -0.994. The van der Waals surface area contributed by atoms with Gasteiger partial charge < -0.3 is 5.11 Å². The van der Waals surface area contributed by atoms with E-state index in [1.807, 2.05) is 19.1 Å². The summed E-state index contributed by atoms with van der Waals surface area (Å²) in [7, 11) is 0. The van der Waals surface area contributed by atoms with E-state index in [9.17, 15) is 4.79 Å². The summed E-state index contributed by atoms with van der Waals surface area (Å²) in [6.07, 6.45) is 3.21. The van der Waals surface area contributed by atoms with Crippen molar-refractivity contribution in [2.75, 3.05) is 0 Å². The number of hydrogen-bond donors (Lipinski definition) is 1. The molecule has 1 N–H and O–H groups in total. The van der Waals surface area contributed by atoms with Crippen LogP contribution >= 0.6 is 0 Å². The fourth-order valence-electron chi connectivity index (χ4n) is 1.45. The third kappa shape index (κ3) is 1.91. The molecule has 0 saturated heterocycles. The predicted molar refractivity (Wildman–Crippen MR) is 59.2 cm³/mol. The first-order valence-electron chi connectivity index (χ1n) is 4.80. The summed E-state index contributed by atoms with van der Waals surface area (Å²) in [5.41, 5.74) is 2.17. The molecule has 2 aromatic rings. The summed E-state index contributed by atoms with van der Waals surface area (Å²) in [5, 5.41) is 9.03. The largest absolute Gasteiger partial charge is 0.478 e. The standard InChI is InChI=1S/C12H10N2O2/c1-8-4-6-13-10(7-8)11-9(12(15)16)3-2-5-14-11/h2-7H,1H3,(H,15,16). The second-order valence-corrected chi connectivity index (χ2v) is 3.42. The molecular weight excluding hydrogens is 204 g/mol. The molecule has 2 aromatic heterocycles. The van der Waals surface area contributed by atoms with Crippen molar-refractivity contribution in [3.8, 4) is 11.4 Å². The average molecular weight is 214 g/mol. The Morgan fingerprint density at radius 2 is 2.06 bits per heavy atom. The van der Waals surface area contributed by atoms with Gasteiger partial charge in [0.05, 0.1) is 11.3 Å². The van der Waals surface area contributed by atoms with Gasteiger partial charge in [0.25, 0.3) is 0 Å². The highest BCUT2D eigenvalue weighted by Crippen LogP contribution is 2.19. The molecule has 0 saturated carbocycles. The minimum Gasteiger partial charge on any atom is -0.478 e. The number of aromatic nitrogens is 2. The van der Waals surface area contributed by atoms with Crippen LogP contribution in [0.15, 0.2) is 36.7 Å². The van der Waals surface area contributed by atoms with E-state index in [4.69, 9.17) is 5.11 Å². The molecule has 0 bridgehead atoms. The Morgan fingerprint density at radius 1 is 1.25 bits per heavy atom. The van der Waals surface area contributed by atoms with Crippen LogP contribution in [0.3, 0.4) is 0 Å². The smallest absolute Gasteiger partial charge is 0.337 e. The van der Waals surface area contributed by atoms with Crippen LogP contribution in [0.25, 0.3) is 11.4 Å². The number of aryl methyl sites for hydroxylation is 1. The van der Waals surface area contributed by atoms with E-state index in [0.717, 1.165) is 5.56 Å². The molecule has 0 fully saturated rings. The first-order chi connectivity index (χ1) is 7.68. The molecule has 0 aliphatic carbocycles. The fraction of sp³-hybridized carbons (Fsp3) is 0.0833. The highest BCUT2D eigenvalue weighted by atomic mass is 16.4. The Bertz CT molecular complexity index is 538. The van der Waals surface area contributed by atoms with Crippen molar-refractivity contribution in [2.24, 2.45) is 0 Å². The number of carboxylic acid groups (broad SMARTS) is 1. The first-order valence-corrected chi connectivity index (χ1v) is 4.80. The van der Waals surface area contributed by atoms with E-state index in [-0.39, 0.29) is 5.56 Å². The molecule has 0 spiro atoms. The Labute approximate surface area is 92.6 Å². The zero-order valence-corrected chi connectivity index (χ0v) is 8.71. The summed E-state index contributed by atoms with van der Waals surface area (Å²) in [6.45, 7) is 1.93. The Hall–Kier alpha value is -2.23. The SMILES string of the molecule is Cc1ccnc(-c2ncccc2C(=O)O)c1. The summed E-state index contributed by atoms with van der Waals surface area (Å²) >= 11 is 0. The Morgan fingerprint density at radius 3 is 2.75 bits per heavy atom. The van der Waals surface area contributed by atoms with Crippen LogP contribution in [0.1, 0.15) is 15.9 Å². The Balaban J connectivity index is 2.60. The second kappa shape index (κ2) is 4.10. The lowest BCUT2D eigenvalue weighted by molar-refractivity contribution is 0.0697. The van der Waals surface area contributed by atoms with E-state index >= 15 is 0 Å². The maximum atomic E-state index is 11.0. The summed E-state index contributed by atoms with van der Waals surface area (Å²) in [6, 6.07) is 6.79. The molecule has 0 radical (unpaired) electrons. The number of aromatic carboxylic acids is 1. The van der Waals surface area contributed by atoms with Gasteiger partial charge in [-0.25, -0.2) is 4.79 Å². The van der Waals surface area contributed by atoms with Crippen LogP contribution in [0.5, 0.6) is 0 Å². The van der Waals surface area contributed by atoms with E-state index in [2.05, 4.69) is 9.97 Å². The van der Waals surface area contributed by atoms with Crippen LogP contribution in [0.2, 0.25) is 0 Å². The van der Waals surface area contributed by atoms with Crippen molar-refractivity contribution >= 4 is 5.97 Å². The number of nitrogens with zero attached hydrogens (tertiary/aromatic N) is 2. The summed E-state index contributed by atoms with van der Waals surface area (Å²) < 4.78 is 0. The van der Waals surface area contributed by atoms with Gasteiger partial charge in [-0.05, 0) is 36.8 Å². The number of rotatable bonds is 2. The normalized spacial score (nSPS) is 10.1. The van der Waals surface area contributed by atoms with E-state index in [1.54, 1.807) is 18.5 Å². The van der Waals surface area contributed by atoms with Gasteiger partial charge in [-0.15, -0.1) is 0 Å². The third-order valence-electron chi connectivity index (χ3n) is 2.20. The van der Waals surface area contributed by atoms with Crippen molar-refractivity contribution < 1.29 is 9.90 Å². The Kier molecular flexibility index (Phi) is 2.64. The molecule has 0 aromatic carbocycles. The van der Waals surface area contributed by atoms with Gasteiger partial charge in [-0.3, -0.25) is 9.97 Å². The number of pyridine rings is 2. The van der Waals surface area contributed by atoms with E-state index in [1.165, 1.54) is 6.07 Å². The van der Waals surface area contributed by atoms with Gasteiger partial charge in [0, 0.05) is 12.4 Å². The maximum absolute atomic E-state index is 11.0. The molecule has 0 amide bonds. The molecular formula is C12H10N2O2. The van der Waals surface area contributed by atoms with Gasteiger partial charge in [-0.1, -0.05) is 0 Å². The highest BCUT2D eigenvalue weighted by Gasteiger charge is 2.12. The number of carbonyl (C=O) groups is 1. The molecule has 4 heteroatoms. The lowest BCUT2D eigenvalue weighted by Gasteiger charge is -2.04. The molecule has 0 atom stereocenters. The molecule has 0 aliphatic rings. The lowest BCUT2D eigenvalue weighted by Crippen LogP contribution is -2.02. The van der Waals surface area contributed by atoms with Crippen LogP contribution < -0.4 is 0 Å². The lowest BCUT2D eigenvalue weighted by atomic mass is 10.1. The van der Waals surface area contributed by atoms with Crippen molar-refractivity contribution in [2.45, 2.75) is 6.92 Å². The molecule has 0 unspecified atom stereocenters. The van der Waals surface area contributed by atoms with Crippen molar-refractivity contribution in [3.63, 3.8) is 0 Å². The third-order valence-corrected chi connectivity index (χ3v) is 2.20. The average Bonchev–Trinajstić information content (AvgIpc) is 2.29. The monoisotopic (exact) mass is 214 g/mol. The second-order valence-electron chi connectivity index (χ2n) is 3.42. The van der Waals surface area contributed by atoms with Gasteiger partial charge in [-0.2, -0.15) is 0 Å². The predicted octanol–water partition coefficient (Wildman–Crippen LogP) is 2.15. The van der Waals surface area contributed by atoms with Crippen molar-refractivity contribution in [1.82, 2.24) is 9.97 Å². The molecule has 2 heterocycles. The molecule has 4 nitrogen and oxygen atoms in total. The number of carboxylic acids is 1. The molecule has 16 heavy (non-hydrogen) atoms. The fourth-order valence-corrected chi connectivity index (χ4v) is 1.45. The van der Waals surface area contributed by atoms with Crippen LogP contribution in [0, 0.1) is 6.92 Å². The van der Waals surface area contributed by atoms with Gasteiger partial charge >= 0.3 is 5.97 Å². The highest BCUT2D eigenvalue weighted by molar-refractivity contribution is 5.94. The zero-order chi connectivity index (χ0) is 11.5. The molecule has 2 rings (SSSR count). The maximum Gasteiger partial charge on any atom is 0.337 e. The van der Waals surface area contributed by atoms with Gasteiger partial charge in [0.2, 0.25) is 0 Å². The first kappa shape index (κ1) is 10.3. The van der Waals surface area contributed by atoms with Crippen LogP contribution in [-0.4, -0.2) is 21.0 Å². The minimum absolute atomic E-state index is 0.167. The summed E-state index contributed by atoms with van der Waals surface area (Å²) in [5.74, 6) is -0.994. The van der Waals surface area contributed by atoms with Gasteiger partial charge in [0.15, 0.2) is 0 Å². The van der Waals surface area contributed by atoms with Crippen LogP contribution in [-0.2, 0) is 0 Å². The zero-order valence-electron chi connectivity index (χ0n) is 8.71. The number of hydrogen-bond acceptors (Lipinski definition) is 3.